The lowest BCUT2D eigenvalue weighted by Crippen LogP contribution is -2.28. The van der Waals surface area contributed by atoms with Crippen molar-refractivity contribution >= 4 is 5.91 Å². The molecule has 3 N–H and O–H groups in total. The third-order valence-corrected chi connectivity index (χ3v) is 2.99. The molecule has 0 unspecified atom stereocenters. The van der Waals surface area contributed by atoms with Crippen molar-refractivity contribution in [2.24, 2.45) is 0 Å². The van der Waals surface area contributed by atoms with Gasteiger partial charge in [-0.3, -0.25) is 9.78 Å². The minimum atomic E-state index is -0.347. The van der Waals surface area contributed by atoms with Gasteiger partial charge in [-0.05, 0) is 36.2 Å². The molecule has 1 atom stereocenters. The fourth-order valence-corrected chi connectivity index (χ4v) is 1.98. The fraction of sp³-hybridized carbons (Fsp3) is 0.200. The van der Waals surface area contributed by atoms with Crippen molar-refractivity contribution in [2.75, 3.05) is 0 Å². The van der Waals surface area contributed by atoms with Crippen LogP contribution in [0, 0.1) is 0 Å². The maximum atomic E-state index is 12.1. The van der Waals surface area contributed by atoms with E-state index in [1.165, 1.54) is 18.2 Å². The Morgan fingerprint density at radius 3 is 2.35 bits per heavy atom. The smallest absolute Gasteiger partial charge is 0.252 e. The number of rotatable bonds is 4. The number of carbonyl (C=O) groups excluding carboxylic acids is 1. The van der Waals surface area contributed by atoms with Gasteiger partial charge >= 0.3 is 0 Å². The number of phenols is 2. The zero-order valence-electron chi connectivity index (χ0n) is 11.1. The number of hydrogen-bond acceptors (Lipinski definition) is 4. The summed E-state index contributed by atoms with van der Waals surface area (Å²) in [6.45, 7) is 1.96. The average molecular weight is 272 g/mol. The minimum absolute atomic E-state index is 0.144. The summed E-state index contributed by atoms with van der Waals surface area (Å²) in [5, 5.41) is 21.7. The molecule has 104 valence electrons. The van der Waals surface area contributed by atoms with E-state index in [0.29, 0.717) is 0 Å². The number of carbonyl (C=O) groups is 1. The van der Waals surface area contributed by atoms with E-state index in [-0.39, 0.29) is 29.0 Å². The SMILES string of the molecule is CC[C@@H](NC(=O)c1cc(O)cc(O)c1)c1ccncc1. The molecule has 1 aromatic carbocycles. The minimum Gasteiger partial charge on any atom is -0.508 e. The van der Waals surface area contributed by atoms with Crippen LogP contribution in [0.15, 0.2) is 42.7 Å². The number of phenolic OH excluding ortho intramolecular Hbond substituents is 2. The van der Waals surface area contributed by atoms with Crippen molar-refractivity contribution in [3.05, 3.63) is 53.9 Å². The Bertz CT molecular complexity index is 579. The quantitative estimate of drug-likeness (QED) is 0.798. The van der Waals surface area contributed by atoms with Crippen molar-refractivity contribution < 1.29 is 15.0 Å². The summed E-state index contributed by atoms with van der Waals surface area (Å²) in [5.41, 5.74) is 1.18. The molecule has 0 aliphatic heterocycles. The van der Waals surface area contributed by atoms with Crippen LogP contribution in [-0.4, -0.2) is 21.1 Å². The lowest BCUT2D eigenvalue weighted by Gasteiger charge is -2.17. The maximum absolute atomic E-state index is 12.1. The molecule has 0 aliphatic carbocycles. The van der Waals surface area contributed by atoms with E-state index in [0.717, 1.165) is 12.0 Å². The number of hydrogen-bond donors (Lipinski definition) is 3. The van der Waals surface area contributed by atoms with Crippen molar-refractivity contribution in [1.29, 1.82) is 0 Å². The van der Waals surface area contributed by atoms with Gasteiger partial charge in [-0.2, -0.15) is 0 Å². The largest absolute Gasteiger partial charge is 0.508 e. The predicted molar refractivity (Wildman–Crippen MR) is 74.5 cm³/mol. The molecule has 0 spiro atoms. The second kappa shape index (κ2) is 6.06. The molecule has 1 aromatic heterocycles. The number of nitrogens with zero attached hydrogens (tertiary/aromatic N) is 1. The molecule has 2 rings (SSSR count). The van der Waals surface area contributed by atoms with Gasteiger partial charge in [0.2, 0.25) is 0 Å². The van der Waals surface area contributed by atoms with E-state index in [4.69, 9.17) is 0 Å². The van der Waals surface area contributed by atoms with Gasteiger partial charge in [-0.15, -0.1) is 0 Å². The first-order chi connectivity index (χ1) is 9.60. The molecule has 20 heavy (non-hydrogen) atoms. The van der Waals surface area contributed by atoms with Crippen LogP contribution in [0.2, 0.25) is 0 Å². The van der Waals surface area contributed by atoms with Crippen LogP contribution in [0.4, 0.5) is 0 Å². The van der Waals surface area contributed by atoms with Gasteiger partial charge in [-0.1, -0.05) is 6.92 Å². The molecule has 2 aromatic rings. The van der Waals surface area contributed by atoms with E-state index in [2.05, 4.69) is 10.3 Å². The van der Waals surface area contributed by atoms with Crippen molar-refractivity contribution in [2.45, 2.75) is 19.4 Å². The molecule has 0 radical (unpaired) electrons. The summed E-state index contributed by atoms with van der Waals surface area (Å²) < 4.78 is 0. The Labute approximate surface area is 116 Å². The Morgan fingerprint density at radius 1 is 1.20 bits per heavy atom. The van der Waals surface area contributed by atoms with Crippen LogP contribution >= 0.6 is 0 Å². The monoisotopic (exact) mass is 272 g/mol. The van der Waals surface area contributed by atoms with Crippen LogP contribution in [0.25, 0.3) is 0 Å². The lowest BCUT2D eigenvalue weighted by molar-refractivity contribution is 0.0934. The van der Waals surface area contributed by atoms with Crippen LogP contribution < -0.4 is 5.32 Å². The van der Waals surface area contributed by atoms with Gasteiger partial charge < -0.3 is 15.5 Å². The third-order valence-electron chi connectivity index (χ3n) is 2.99. The van der Waals surface area contributed by atoms with Crippen molar-refractivity contribution in [3.63, 3.8) is 0 Å². The molecule has 0 aliphatic rings. The van der Waals surface area contributed by atoms with E-state index in [9.17, 15) is 15.0 Å². The number of nitrogens with one attached hydrogen (secondary N) is 1. The highest BCUT2D eigenvalue weighted by Gasteiger charge is 2.15. The van der Waals surface area contributed by atoms with Crippen LogP contribution in [0.1, 0.15) is 35.3 Å². The van der Waals surface area contributed by atoms with E-state index in [1.807, 2.05) is 19.1 Å². The van der Waals surface area contributed by atoms with E-state index < -0.39 is 0 Å². The zero-order valence-corrected chi connectivity index (χ0v) is 11.1. The lowest BCUT2D eigenvalue weighted by atomic mass is 10.1. The molecule has 1 amide bonds. The number of amides is 1. The highest BCUT2D eigenvalue weighted by atomic mass is 16.3. The van der Waals surface area contributed by atoms with E-state index in [1.54, 1.807) is 12.4 Å². The van der Waals surface area contributed by atoms with Gasteiger partial charge in [-0.25, -0.2) is 0 Å². The van der Waals surface area contributed by atoms with Crippen LogP contribution in [0.3, 0.4) is 0 Å². The summed E-state index contributed by atoms with van der Waals surface area (Å²) >= 11 is 0. The normalized spacial score (nSPS) is 11.8. The Balaban J connectivity index is 2.17. The second-order valence-electron chi connectivity index (χ2n) is 4.45. The summed E-state index contributed by atoms with van der Waals surface area (Å²) in [6, 6.07) is 7.34. The van der Waals surface area contributed by atoms with Crippen molar-refractivity contribution in [3.8, 4) is 11.5 Å². The third kappa shape index (κ3) is 3.26. The van der Waals surface area contributed by atoms with Gasteiger partial charge in [0.25, 0.3) is 5.91 Å². The number of aromatic nitrogens is 1. The average Bonchev–Trinajstić information content (AvgIpc) is 2.44. The standard InChI is InChI=1S/C15H16N2O3/c1-2-14(10-3-5-16-6-4-10)17-15(20)11-7-12(18)9-13(19)8-11/h3-9,14,18-19H,2H2,1H3,(H,17,20)/t14-/m1/s1. The molecular weight excluding hydrogens is 256 g/mol. The Morgan fingerprint density at radius 2 is 1.80 bits per heavy atom. The first-order valence-electron chi connectivity index (χ1n) is 6.34. The molecule has 0 saturated carbocycles. The Hall–Kier alpha value is -2.56. The van der Waals surface area contributed by atoms with E-state index >= 15 is 0 Å². The molecule has 0 fully saturated rings. The molecular formula is C15H16N2O3. The summed E-state index contributed by atoms with van der Waals surface area (Å²) in [5.74, 6) is -0.640. The highest BCUT2D eigenvalue weighted by Crippen LogP contribution is 2.22. The van der Waals surface area contributed by atoms with Crippen molar-refractivity contribution in [1.82, 2.24) is 10.3 Å². The molecule has 1 heterocycles. The van der Waals surface area contributed by atoms with Gasteiger partial charge in [0.15, 0.2) is 0 Å². The molecule has 0 saturated heterocycles. The number of pyridine rings is 1. The molecule has 5 nitrogen and oxygen atoms in total. The zero-order chi connectivity index (χ0) is 14.5. The Kier molecular flexibility index (Phi) is 4.20. The van der Waals surface area contributed by atoms with Gasteiger partial charge in [0.1, 0.15) is 11.5 Å². The first kappa shape index (κ1) is 13.9. The molecule has 5 heteroatoms. The van der Waals surface area contributed by atoms with Gasteiger partial charge in [0.05, 0.1) is 6.04 Å². The summed E-state index contributed by atoms with van der Waals surface area (Å²) in [7, 11) is 0. The first-order valence-corrected chi connectivity index (χ1v) is 6.34. The second-order valence-corrected chi connectivity index (χ2v) is 4.45. The summed E-state index contributed by atoms with van der Waals surface area (Å²) in [4.78, 5) is 16.1. The predicted octanol–water partition coefficient (Wildman–Crippen LogP) is 2.37. The maximum Gasteiger partial charge on any atom is 0.252 e. The number of benzene rings is 1. The number of aromatic hydroxyl groups is 2. The summed E-state index contributed by atoms with van der Waals surface area (Å²) in [6.07, 6.45) is 4.06. The van der Waals surface area contributed by atoms with Crippen LogP contribution in [0.5, 0.6) is 11.5 Å². The molecule has 0 bridgehead atoms. The van der Waals surface area contributed by atoms with Crippen LogP contribution in [-0.2, 0) is 0 Å². The van der Waals surface area contributed by atoms with Gasteiger partial charge in [0, 0.05) is 24.0 Å². The fourth-order valence-electron chi connectivity index (χ4n) is 1.98. The topological polar surface area (TPSA) is 82.5 Å². The highest BCUT2D eigenvalue weighted by molar-refractivity contribution is 5.95.